The Kier molecular flexibility index (Phi) is 4.71. The van der Waals surface area contributed by atoms with Gasteiger partial charge in [-0.2, -0.15) is 0 Å². The highest BCUT2D eigenvalue weighted by Gasteiger charge is 2.35. The van der Waals surface area contributed by atoms with Crippen LogP contribution in [-0.2, 0) is 22.4 Å². The zero-order valence-electron chi connectivity index (χ0n) is 14.5. The predicted molar refractivity (Wildman–Crippen MR) is 92.6 cm³/mol. The van der Waals surface area contributed by atoms with Crippen molar-refractivity contribution in [1.82, 2.24) is 4.90 Å². The van der Waals surface area contributed by atoms with Gasteiger partial charge in [0.1, 0.15) is 0 Å². The van der Waals surface area contributed by atoms with Gasteiger partial charge in [-0.3, -0.25) is 4.79 Å². The number of nitrogens with zero attached hydrogens (tertiary/aromatic N) is 1. The predicted octanol–water partition coefficient (Wildman–Crippen LogP) is 2.82. The summed E-state index contributed by atoms with van der Waals surface area (Å²) in [5.74, 6) is -0.549. The molecule has 1 fully saturated rings. The molecule has 0 spiro atoms. The summed E-state index contributed by atoms with van der Waals surface area (Å²) in [7, 11) is 0. The van der Waals surface area contributed by atoms with Crippen LogP contribution in [0.1, 0.15) is 47.3 Å². The number of amides is 1. The molecule has 2 atom stereocenters. The van der Waals surface area contributed by atoms with Crippen molar-refractivity contribution in [1.29, 1.82) is 0 Å². The molecular formula is C18H25NO4S. The average molecular weight is 351 g/mol. The molecule has 3 rings (SSSR count). The molecule has 0 radical (unpaired) electrons. The average Bonchev–Trinajstić information content (AvgIpc) is 2.96. The number of hydrogen-bond donors (Lipinski definition) is 1. The normalized spacial score (nSPS) is 24.5. The summed E-state index contributed by atoms with van der Waals surface area (Å²) >= 11 is 1.54. The molecule has 1 amide bonds. The monoisotopic (exact) mass is 351 g/mol. The van der Waals surface area contributed by atoms with E-state index < -0.39 is 12.0 Å². The number of ether oxygens (including phenoxy) is 1. The van der Waals surface area contributed by atoms with E-state index in [2.05, 4.69) is 20.8 Å². The summed E-state index contributed by atoms with van der Waals surface area (Å²) in [6, 6.07) is 1.11. The van der Waals surface area contributed by atoms with E-state index in [0.717, 1.165) is 19.3 Å². The van der Waals surface area contributed by atoms with Crippen LogP contribution in [-0.4, -0.2) is 47.7 Å². The maximum absolute atomic E-state index is 12.8. The quantitative estimate of drug-likeness (QED) is 0.890. The molecule has 2 unspecified atom stereocenters. The second-order valence-electron chi connectivity index (χ2n) is 7.79. The van der Waals surface area contributed by atoms with E-state index in [1.54, 1.807) is 0 Å². The van der Waals surface area contributed by atoms with Crippen molar-refractivity contribution in [3.8, 4) is 0 Å². The standard InChI is InChI=1S/C18H25NO4S/c1-18(2,3)12-4-5-14-11(8-12)9-15(24-14)16(20)19-6-7-23-10-13(19)17(21)22/h9,12-13H,4-8,10H2,1-3H3,(H,21,22). The van der Waals surface area contributed by atoms with Gasteiger partial charge < -0.3 is 14.7 Å². The third-order valence-corrected chi connectivity index (χ3v) is 6.42. The van der Waals surface area contributed by atoms with Crippen LogP contribution in [0, 0.1) is 11.3 Å². The highest BCUT2D eigenvalue weighted by molar-refractivity contribution is 7.14. The number of rotatable bonds is 2. The molecule has 1 aromatic rings. The Morgan fingerprint density at radius 3 is 2.79 bits per heavy atom. The number of carboxylic acid groups (broad SMARTS) is 1. The molecule has 6 heteroatoms. The molecule has 1 aromatic heterocycles. The van der Waals surface area contributed by atoms with Gasteiger partial charge in [0.25, 0.3) is 5.91 Å². The number of aliphatic carboxylic acids is 1. The van der Waals surface area contributed by atoms with Crippen molar-refractivity contribution in [2.24, 2.45) is 11.3 Å². The van der Waals surface area contributed by atoms with E-state index in [9.17, 15) is 14.7 Å². The fourth-order valence-corrected chi connectivity index (χ4v) is 4.73. The van der Waals surface area contributed by atoms with Gasteiger partial charge in [0, 0.05) is 11.4 Å². The second-order valence-corrected chi connectivity index (χ2v) is 8.93. The fraction of sp³-hybridized carbons (Fsp3) is 0.667. The van der Waals surface area contributed by atoms with E-state index in [0.29, 0.717) is 23.9 Å². The van der Waals surface area contributed by atoms with Crippen LogP contribution < -0.4 is 0 Å². The van der Waals surface area contributed by atoms with E-state index in [1.807, 2.05) is 6.07 Å². The number of morpholine rings is 1. The molecule has 132 valence electrons. The highest BCUT2D eigenvalue weighted by atomic mass is 32.1. The molecule has 2 aliphatic rings. The van der Waals surface area contributed by atoms with Crippen molar-refractivity contribution >= 4 is 23.2 Å². The summed E-state index contributed by atoms with van der Waals surface area (Å²) in [6.45, 7) is 7.61. The molecule has 1 aliphatic carbocycles. The van der Waals surface area contributed by atoms with Crippen LogP contribution in [0.2, 0.25) is 0 Å². The van der Waals surface area contributed by atoms with Crippen LogP contribution in [0.25, 0.3) is 0 Å². The van der Waals surface area contributed by atoms with Crippen molar-refractivity contribution in [2.75, 3.05) is 19.8 Å². The third-order valence-electron chi connectivity index (χ3n) is 5.19. The van der Waals surface area contributed by atoms with Gasteiger partial charge in [-0.1, -0.05) is 20.8 Å². The molecule has 1 N–H and O–H groups in total. The van der Waals surface area contributed by atoms with Gasteiger partial charge in [-0.15, -0.1) is 11.3 Å². The zero-order valence-corrected chi connectivity index (χ0v) is 15.3. The first-order chi connectivity index (χ1) is 11.3. The van der Waals surface area contributed by atoms with Crippen LogP contribution >= 0.6 is 11.3 Å². The lowest BCUT2D eigenvalue weighted by molar-refractivity contribution is -0.147. The smallest absolute Gasteiger partial charge is 0.328 e. The topological polar surface area (TPSA) is 66.8 Å². The largest absolute Gasteiger partial charge is 0.480 e. The van der Waals surface area contributed by atoms with Crippen molar-refractivity contribution < 1.29 is 19.4 Å². The summed E-state index contributed by atoms with van der Waals surface area (Å²) in [5, 5.41) is 9.32. The maximum atomic E-state index is 12.8. The number of carbonyl (C=O) groups is 2. The molecule has 1 aliphatic heterocycles. The molecule has 2 heterocycles. The first-order valence-electron chi connectivity index (χ1n) is 8.50. The van der Waals surface area contributed by atoms with Gasteiger partial charge in [0.05, 0.1) is 18.1 Å². The van der Waals surface area contributed by atoms with Gasteiger partial charge in [0.2, 0.25) is 0 Å². The SMILES string of the molecule is CC(C)(C)C1CCc2sc(C(=O)N3CCOCC3C(=O)O)cc2C1. The number of fused-ring (bicyclic) bond motifs is 1. The summed E-state index contributed by atoms with van der Waals surface area (Å²) in [4.78, 5) is 27.6. The number of hydrogen-bond acceptors (Lipinski definition) is 4. The number of aryl methyl sites for hydroxylation is 1. The van der Waals surface area contributed by atoms with Gasteiger partial charge in [-0.25, -0.2) is 4.79 Å². The maximum Gasteiger partial charge on any atom is 0.328 e. The van der Waals surface area contributed by atoms with Crippen LogP contribution in [0.4, 0.5) is 0 Å². The van der Waals surface area contributed by atoms with Gasteiger partial charge in [0.15, 0.2) is 6.04 Å². The lowest BCUT2D eigenvalue weighted by atomic mass is 9.72. The molecular weight excluding hydrogens is 326 g/mol. The molecule has 0 aromatic carbocycles. The fourth-order valence-electron chi connectivity index (χ4n) is 3.56. The molecule has 0 saturated carbocycles. The minimum Gasteiger partial charge on any atom is -0.480 e. The first kappa shape index (κ1) is 17.4. The highest BCUT2D eigenvalue weighted by Crippen LogP contribution is 2.40. The van der Waals surface area contributed by atoms with Crippen molar-refractivity contribution in [2.45, 2.75) is 46.1 Å². The van der Waals surface area contributed by atoms with Gasteiger partial charge in [-0.05, 0) is 42.2 Å². The number of carbonyl (C=O) groups excluding carboxylic acids is 1. The summed E-state index contributed by atoms with van der Waals surface area (Å²) < 4.78 is 5.22. The molecule has 1 saturated heterocycles. The summed E-state index contributed by atoms with van der Waals surface area (Å²) in [6.07, 6.45) is 3.18. The Morgan fingerprint density at radius 1 is 1.38 bits per heavy atom. The first-order valence-corrected chi connectivity index (χ1v) is 9.32. The molecule has 0 bridgehead atoms. The Labute approximate surface area is 146 Å². The Morgan fingerprint density at radius 2 is 2.12 bits per heavy atom. The van der Waals surface area contributed by atoms with E-state index in [4.69, 9.17) is 4.74 Å². The lowest BCUT2D eigenvalue weighted by Gasteiger charge is -2.33. The Balaban J connectivity index is 1.80. The Hall–Kier alpha value is -1.40. The zero-order chi connectivity index (χ0) is 17.5. The molecule has 5 nitrogen and oxygen atoms in total. The summed E-state index contributed by atoms with van der Waals surface area (Å²) in [5.41, 5.74) is 1.54. The van der Waals surface area contributed by atoms with Crippen LogP contribution in [0.3, 0.4) is 0 Å². The van der Waals surface area contributed by atoms with Crippen molar-refractivity contribution in [3.63, 3.8) is 0 Å². The van der Waals surface area contributed by atoms with Crippen LogP contribution in [0.15, 0.2) is 6.07 Å². The minimum absolute atomic E-state index is 0.0677. The number of carboxylic acids is 1. The van der Waals surface area contributed by atoms with E-state index in [1.165, 1.54) is 26.7 Å². The van der Waals surface area contributed by atoms with E-state index in [-0.39, 0.29) is 17.9 Å². The second kappa shape index (κ2) is 6.48. The minimum atomic E-state index is -1.00. The Bertz CT molecular complexity index is 646. The van der Waals surface area contributed by atoms with Gasteiger partial charge >= 0.3 is 5.97 Å². The van der Waals surface area contributed by atoms with Crippen LogP contribution in [0.5, 0.6) is 0 Å². The molecule has 24 heavy (non-hydrogen) atoms. The van der Waals surface area contributed by atoms with Crippen molar-refractivity contribution in [3.05, 3.63) is 21.4 Å². The number of thiophene rings is 1. The third kappa shape index (κ3) is 3.35. The van der Waals surface area contributed by atoms with E-state index >= 15 is 0 Å². The lowest BCUT2D eigenvalue weighted by Crippen LogP contribution is -2.52.